The number of carbonyl (C=O) groups is 2. The lowest BCUT2D eigenvalue weighted by Crippen LogP contribution is -2.63. The van der Waals surface area contributed by atoms with Crippen molar-refractivity contribution in [3.05, 3.63) is 87.7 Å². The molecule has 1 saturated carbocycles. The molecule has 6 rings (SSSR count). The molecule has 0 aliphatic heterocycles. The molecule has 3 atom stereocenters. The SMILES string of the molecule is C=C1C2=C(O)[C@@]3(O)C(=O)C(C(C)=O)=C(C)C[C@@]3(C)C[C@@]2(C)Cc2c(-c3ccc(CC4CCCC4)cc3)ccc(C)c21. The minimum Gasteiger partial charge on any atom is -0.508 e. The lowest BCUT2D eigenvalue weighted by Gasteiger charge is -2.57. The van der Waals surface area contributed by atoms with Gasteiger partial charge < -0.3 is 10.2 Å². The topological polar surface area (TPSA) is 74.6 Å². The van der Waals surface area contributed by atoms with Crippen LogP contribution < -0.4 is 0 Å². The fraction of sp³-hybridized carbons (Fsp3) is 0.459. The number of rotatable bonds is 4. The van der Waals surface area contributed by atoms with Crippen molar-refractivity contribution in [2.45, 2.75) is 91.6 Å². The summed E-state index contributed by atoms with van der Waals surface area (Å²) in [4.78, 5) is 26.2. The number of aliphatic hydroxyl groups is 2. The molecule has 4 nitrogen and oxygen atoms in total. The molecule has 0 heterocycles. The third kappa shape index (κ3) is 3.97. The quantitative estimate of drug-likeness (QED) is 0.381. The molecule has 4 aliphatic carbocycles. The zero-order valence-corrected chi connectivity index (χ0v) is 25.1. The summed E-state index contributed by atoms with van der Waals surface area (Å²) in [6.45, 7) is 13.7. The molecule has 2 aromatic rings. The van der Waals surface area contributed by atoms with E-state index in [0.29, 0.717) is 36.0 Å². The monoisotopic (exact) mass is 550 g/mol. The van der Waals surface area contributed by atoms with E-state index in [1.54, 1.807) is 6.92 Å². The minimum absolute atomic E-state index is 0.0115. The summed E-state index contributed by atoms with van der Waals surface area (Å²) >= 11 is 0. The number of Topliss-reactive ketones (excluding diaryl/α,β-unsaturated/α-hetero) is 2. The Morgan fingerprint density at radius 1 is 1.02 bits per heavy atom. The van der Waals surface area contributed by atoms with Crippen LogP contribution in [-0.4, -0.2) is 27.4 Å². The van der Waals surface area contributed by atoms with Gasteiger partial charge in [-0.1, -0.05) is 88.1 Å². The van der Waals surface area contributed by atoms with E-state index in [1.807, 2.05) is 13.8 Å². The fourth-order valence-corrected chi connectivity index (χ4v) is 9.09. The van der Waals surface area contributed by atoms with Crippen LogP contribution in [0.3, 0.4) is 0 Å². The van der Waals surface area contributed by atoms with Crippen molar-refractivity contribution in [3.8, 4) is 11.1 Å². The molecule has 0 radical (unpaired) electrons. The number of aliphatic hydroxyl groups excluding tert-OH is 1. The first-order valence-corrected chi connectivity index (χ1v) is 15.1. The maximum Gasteiger partial charge on any atom is 0.206 e. The summed E-state index contributed by atoms with van der Waals surface area (Å²) < 4.78 is 0. The first-order chi connectivity index (χ1) is 19.3. The van der Waals surface area contributed by atoms with E-state index in [9.17, 15) is 19.8 Å². The predicted molar refractivity (Wildman–Crippen MR) is 163 cm³/mol. The van der Waals surface area contributed by atoms with Crippen molar-refractivity contribution in [2.24, 2.45) is 16.7 Å². The molecule has 0 amide bonds. The van der Waals surface area contributed by atoms with Gasteiger partial charge in [-0.05, 0) is 91.3 Å². The van der Waals surface area contributed by atoms with Gasteiger partial charge in [0.1, 0.15) is 5.76 Å². The van der Waals surface area contributed by atoms with E-state index in [-0.39, 0.29) is 17.1 Å². The number of allylic oxidation sites excluding steroid dienone is 3. The van der Waals surface area contributed by atoms with Crippen molar-refractivity contribution in [1.82, 2.24) is 0 Å². The predicted octanol–water partition coefficient (Wildman–Crippen LogP) is 7.80. The van der Waals surface area contributed by atoms with Crippen LogP contribution in [0, 0.1) is 23.7 Å². The van der Waals surface area contributed by atoms with Gasteiger partial charge in [-0.25, -0.2) is 0 Å². The number of aryl methyl sites for hydroxylation is 1. The number of hydrogen-bond donors (Lipinski definition) is 2. The van der Waals surface area contributed by atoms with Crippen LogP contribution in [-0.2, 0) is 22.4 Å². The summed E-state index contributed by atoms with van der Waals surface area (Å²) in [5.41, 5.74) is 5.17. The van der Waals surface area contributed by atoms with Gasteiger partial charge in [0, 0.05) is 16.4 Å². The maximum absolute atomic E-state index is 13.8. The third-order valence-corrected chi connectivity index (χ3v) is 10.8. The highest BCUT2D eigenvalue weighted by Gasteiger charge is 2.66. The Morgan fingerprint density at radius 2 is 1.68 bits per heavy atom. The maximum atomic E-state index is 13.8. The highest BCUT2D eigenvalue weighted by Crippen LogP contribution is 2.64. The molecular formula is C37H42O4. The van der Waals surface area contributed by atoms with Crippen molar-refractivity contribution < 1.29 is 19.8 Å². The minimum atomic E-state index is -2.16. The van der Waals surface area contributed by atoms with Gasteiger partial charge in [0.15, 0.2) is 11.4 Å². The number of hydrogen-bond acceptors (Lipinski definition) is 4. The summed E-state index contributed by atoms with van der Waals surface area (Å²) in [5.74, 6) is -0.597. The molecule has 0 spiro atoms. The lowest BCUT2D eigenvalue weighted by molar-refractivity contribution is -0.157. The van der Waals surface area contributed by atoms with Crippen LogP contribution in [0.2, 0.25) is 0 Å². The Bertz CT molecular complexity index is 1560. The molecule has 2 aromatic carbocycles. The second-order valence-corrected chi connectivity index (χ2v) is 13.9. The number of carbonyl (C=O) groups excluding carboxylic acids is 2. The fourth-order valence-electron chi connectivity index (χ4n) is 9.09. The summed E-state index contributed by atoms with van der Waals surface area (Å²) in [6, 6.07) is 13.3. The van der Waals surface area contributed by atoms with E-state index in [1.165, 1.54) is 54.9 Å². The van der Waals surface area contributed by atoms with Gasteiger partial charge >= 0.3 is 0 Å². The van der Waals surface area contributed by atoms with Crippen LogP contribution in [0.5, 0.6) is 0 Å². The Labute approximate surface area is 243 Å². The number of benzene rings is 2. The lowest BCUT2D eigenvalue weighted by atomic mass is 9.47. The van der Waals surface area contributed by atoms with Crippen LogP contribution in [0.4, 0.5) is 0 Å². The first kappa shape index (κ1) is 27.9. The largest absolute Gasteiger partial charge is 0.508 e. The Hall–Kier alpha value is -3.24. The highest BCUT2D eigenvalue weighted by atomic mass is 16.3. The van der Waals surface area contributed by atoms with Gasteiger partial charge in [0.2, 0.25) is 5.78 Å². The summed E-state index contributed by atoms with van der Waals surface area (Å²) in [6.07, 6.45) is 8.02. The molecule has 41 heavy (non-hydrogen) atoms. The zero-order chi connectivity index (χ0) is 29.5. The van der Waals surface area contributed by atoms with Crippen LogP contribution in [0.25, 0.3) is 16.7 Å². The first-order valence-electron chi connectivity index (χ1n) is 15.1. The van der Waals surface area contributed by atoms with Crippen molar-refractivity contribution in [1.29, 1.82) is 0 Å². The van der Waals surface area contributed by atoms with Gasteiger partial charge in [0.05, 0.1) is 5.57 Å². The zero-order valence-electron chi connectivity index (χ0n) is 25.1. The highest BCUT2D eigenvalue weighted by molar-refractivity contribution is 6.24. The van der Waals surface area contributed by atoms with Crippen LogP contribution in [0.15, 0.2) is 65.5 Å². The molecule has 214 valence electrons. The molecule has 0 unspecified atom stereocenters. The second-order valence-electron chi connectivity index (χ2n) is 13.9. The molecule has 1 fully saturated rings. The normalized spacial score (nSPS) is 29.9. The molecule has 4 heteroatoms. The average molecular weight is 551 g/mol. The van der Waals surface area contributed by atoms with E-state index in [4.69, 9.17) is 0 Å². The molecular weight excluding hydrogens is 508 g/mol. The van der Waals surface area contributed by atoms with Crippen molar-refractivity contribution in [2.75, 3.05) is 0 Å². The Kier molecular flexibility index (Phi) is 6.39. The van der Waals surface area contributed by atoms with Gasteiger partial charge in [-0.2, -0.15) is 0 Å². The second kappa shape index (κ2) is 9.39. The van der Waals surface area contributed by atoms with E-state index in [0.717, 1.165) is 23.5 Å². The third-order valence-electron chi connectivity index (χ3n) is 10.8. The van der Waals surface area contributed by atoms with Gasteiger partial charge in [-0.15, -0.1) is 0 Å². The van der Waals surface area contributed by atoms with Crippen molar-refractivity contribution >= 4 is 17.1 Å². The molecule has 0 bridgehead atoms. The Morgan fingerprint density at radius 3 is 2.32 bits per heavy atom. The summed E-state index contributed by atoms with van der Waals surface area (Å²) in [5, 5.41) is 24.0. The molecule has 0 saturated heterocycles. The molecule has 2 N–H and O–H groups in total. The number of ketones is 2. The Balaban J connectivity index is 1.46. The average Bonchev–Trinajstić information content (AvgIpc) is 3.39. The van der Waals surface area contributed by atoms with Gasteiger partial charge in [0.25, 0.3) is 0 Å². The van der Waals surface area contributed by atoms with Crippen LogP contribution >= 0.6 is 0 Å². The van der Waals surface area contributed by atoms with Crippen LogP contribution in [0.1, 0.15) is 88.5 Å². The molecule has 0 aromatic heterocycles. The number of fused-ring (bicyclic) bond motifs is 3. The van der Waals surface area contributed by atoms with Crippen molar-refractivity contribution in [3.63, 3.8) is 0 Å². The van der Waals surface area contributed by atoms with E-state index < -0.39 is 22.2 Å². The van der Waals surface area contributed by atoms with E-state index >= 15 is 0 Å². The summed E-state index contributed by atoms with van der Waals surface area (Å²) in [7, 11) is 0. The smallest absolute Gasteiger partial charge is 0.206 e. The van der Waals surface area contributed by atoms with Gasteiger partial charge in [-0.3, -0.25) is 9.59 Å². The van der Waals surface area contributed by atoms with E-state index in [2.05, 4.69) is 49.9 Å². The standard InChI is InChI=1S/C37H42O4/c1-21-11-16-28(27-14-12-26(13-15-27)17-25-9-7-8-10-25)29-19-35(5)20-36(6)18-22(2)31(24(4)38)33(39)37(36,41)34(40)32(35)23(3)30(21)29/h11-16,25,40-41H,3,7-10,17-20H2,1-2,4-6H3/t35-,36+,37+/m1/s1. The molecule has 4 aliphatic rings.